The number of carbonyl (C=O) groups is 1. The fourth-order valence-corrected chi connectivity index (χ4v) is 3.04. The lowest BCUT2D eigenvalue weighted by Gasteiger charge is -2.30. The number of halogens is 6. The lowest BCUT2D eigenvalue weighted by Crippen LogP contribution is -2.53. The van der Waals surface area contributed by atoms with Crippen molar-refractivity contribution in [2.75, 3.05) is 13.7 Å². The average molecular weight is 467 g/mol. The lowest BCUT2D eigenvalue weighted by atomic mass is 9.91. The molecule has 0 spiro atoms. The molecule has 1 fully saturated rings. The molecule has 1 saturated heterocycles. The molecule has 0 bridgehead atoms. The molecule has 8 nitrogen and oxygen atoms in total. The molecule has 1 aliphatic rings. The van der Waals surface area contributed by atoms with Gasteiger partial charge in [0, 0.05) is 24.9 Å². The van der Waals surface area contributed by atoms with E-state index in [0.717, 1.165) is 31.4 Å². The normalized spacial score (nSPS) is 19.0. The highest BCUT2D eigenvalue weighted by molar-refractivity contribution is 5.90. The van der Waals surface area contributed by atoms with Crippen molar-refractivity contribution in [3.63, 3.8) is 0 Å². The van der Waals surface area contributed by atoms with Gasteiger partial charge in [0.2, 0.25) is 0 Å². The summed E-state index contributed by atoms with van der Waals surface area (Å²) in [6.07, 6.45) is -9.49. The number of aromatic carboxylic acids is 1. The number of hydrogen-bond acceptors (Lipinski definition) is 7. The molecule has 174 valence electrons. The van der Waals surface area contributed by atoms with Crippen molar-refractivity contribution in [1.29, 1.82) is 0 Å². The zero-order valence-corrected chi connectivity index (χ0v) is 16.1. The molecule has 2 heterocycles. The van der Waals surface area contributed by atoms with Gasteiger partial charge in [-0.15, -0.1) is 13.2 Å². The third kappa shape index (κ3) is 4.65. The minimum absolute atomic E-state index is 0.0352. The van der Waals surface area contributed by atoms with Crippen LogP contribution in [-0.2, 0) is 5.54 Å². The minimum atomic E-state index is -4.97. The van der Waals surface area contributed by atoms with Crippen molar-refractivity contribution >= 4 is 5.97 Å². The molecule has 3 rings (SSSR count). The Balaban J connectivity index is 2.04. The van der Waals surface area contributed by atoms with Gasteiger partial charge in [0.15, 0.2) is 17.0 Å². The second-order valence-electron chi connectivity index (χ2n) is 6.54. The fourth-order valence-electron chi connectivity index (χ4n) is 3.04. The Morgan fingerprint density at radius 1 is 1.12 bits per heavy atom. The summed E-state index contributed by atoms with van der Waals surface area (Å²) in [7, 11) is 1.10. The Labute approximate surface area is 176 Å². The van der Waals surface area contributed by atoms with Crippen LogP contribution in [0.15, 0.2) is 30.5 Å². The molecule has 0 radical (unpaired) electrons. The summed E-state index contributed by atoms with van der Waals surface area (Å²) in [6.45, 7) is -0.0352. The molecule has 32 heavy (non-hydrogen) atoms. The van der Waals surface area contributed by atoms with Crippen LogP contribution in [-0.4, -0.2) is 42.3 Å². The number of benzene rings is 1. The van der Waals surface area contributed by atoms with Crippen molar-refractivity contribution in [3.8, 4) is 23.0 Å². The van der Waals surface area contributed by atoms with Gasteiger partial charge in [0.25, 0.3) is 0 Å². The Hall–Kier alpha value is -3.26. The largest absolute Gasteiger partial charge is 0.573 e. The fraction of sp³-hybridized carbons (Fsp3) is 0.333. The van der Waals surface area contributed by atoms with E-state index in [1.54, 1.807) is 0 Å². The highest BCUT2D eigenvalue weighted by Crippen LogP contribution is 2.44. The summed E-state index contributed by atoms with van der Waals surface area (Å²) < 4.78 is 92.8. The van der Waals surface area contributed by atoms with Gasteiger partial charge in [-0.1, -0.05) is 0 Å². The molecule has 0 saturated carbocycles. The quantitative estimate of drug-likeness (QED) is 0.553. The zero-order valence-electron chi connectivity index (χ0n) is 16.1. The van der Waals surface area contributed by atoms with E-state index in [4.69, 9.17) is 9.47 Å². The van der Waals surface area contributed by atoms with Crippen LogP contribution in [0.25, 0.3) is 0 Å². The molecule has 1 aromatic carbocycles. The molecule has 1 atom stereocenters. The van der Waals surface area contributed by atoms with E-state index in [1.807, 2.05) is 0 Å². The molecule has 0 amide bonds. The van der Waals surface area contributed by atoms with Gasteiger partial charge >= 0.3 is 18.5 Å². The van der Waals surface area contributed by atoms with Crippen LogP contribution in [0.1, 0.15) is 22.5 Å². The van der Waals surface area contributed by atoms with Gasteiger partial charge in [-0.3, -0.25) is 10.4 Å². The van der Waals surface area contributed by atoms with E-state index in [-0.39, 0.29) is 18.0 Å². The van der Waals surface area contributed by atoms with Crippen molar-refractivity contribution in [2.24, 2.45) is 0 Å². The summed E-state index contributed by atoms with van der Waals surface area (Å²) >= 11 is 0. The Morgan fingerprint density at radius 2 is 1.84 bits per heavy atom. The smallest absolute Gasteiger partial charge is 0.493 e. The van der Waals surface area contributed by atoms with Crippen LogP contribution >= 0.6 is 0 Å². The predicted molar refractivity (Wildman–Crippen MR) is 94.4 cm³/mol. The van der Waals surface area contributed by atoms with E-state index in [2.05, 4.69) is 20.6 Å². The maximum Gasteiger partial charge on any atom is 0.573 e. The predicted octanol–water partition coefficient (Wildman–Crippen LogP) is 3.73. The van der Waals surface area contributed by atoms with Gasteiger partial charge in [-0.25, -0.2) is 10.2 Å². The average Bonchev–Trinajstić information content (AvgIpc) is 3.19. The van der Waals surface area contributed by atoms with Gasteiger partial charge in [0.05, 0.1) is 12.8 Å². The maximum absolute atomic E-state index is 13.8. The number of hydrogen-bond donors (Lipinski definition) is 3. The van der Waals surface area contributed by atoms with Crippen LogP contribution < -0.4 is 25.1 Å². The highest BCUT2D eigenvalue weighted by Gasteiger charge is 2.59. The third-order valence-electron chi connectivity index (χ3n) is 4.53. The number of carboxylic acid groups (broad SMARTS) is 1. The summed E-state index contributed by atoms with van der Waals surface area (Å²) in [5.74, 6) is -3.27. The van der Waals surface area contributed by atoms with Crippen LogP contribution in [0.4, 0.5) is 26.3 Å². The van der Waals surface area contributed by atoms with Crippen LogP contribution in [0.5, 0.6) is 23.0 Å². The number of nitrogens with zero attached hydrogens (tertiary/aromatic N) is 1. The monoisotopic (exact) mass is 467 g/mol. The second-order valence-corrected chi connectivity index (χ2v) is 6.54. The number of carboxylic acids is 1. The number of nitrogens with one attached hydrogen (secondary N) is 2. The molecule has 2 aromatic rings. The number of ether oxygens (including phenoxy) is 3. The minimum Gasteiger partial charge on any atom is -0.493 e. The van der Waals surface area contributed by atoms with Gasteiger partial charge in [-0.05, 0) is 18.6 Å². The highest BCUT2D eigenvalue weighted by atomic mass is 19.4. The first-order chi connectivity index (χ1) is 14.9. The first-order valence-corrected chi connectivity index (χ1v) is 8.78. The number of rotatable bonds is 6. The summed E-state index contributed by atoms with van der Waals surface area (Å²) in [5, 5.41) is 9.38. The maximum atomic E-state index is 13.8. The molecule has 3 N–H and O–H groups in total. The lowest BCUT2D eigenvalue weighted by molar-refractivity contribution is -0.274. The zero-order chi connectivity index (χ0) is 23.7. The summed E-state index contributed by atoms with van der Waals surface area (Å²) in [6, 6.07) is 3.48. The number of hydrazine groups is 1. The standard InChI is InChI=1S/C18H15F6N3O5/c1-30-13-6-9(32-18(22,23)24)2-3-11(13)31-12-7-14(25-8-10(12)15(28)29)16(17(19,20)21)4-5-26-27-16/h2-3,6-8,26-27H,4-5H2,1H3,(H,28,29). The van der Waals surface area contributed by atoms with Gasteiger partial charge in [-0.2, -0.15) is 13.2 Å². The number of aromatic nitrogens is 1. The van der Waals surface area contributed by atoms with Crippen LogP contribution in [0.2, 0.25) is 0 Å². The first-order valence-electron chi connectivity index (χ1n) is 8.78. The second kappa shape index (κ2) is 8.35. The van der Waals surface area contributed by atoms with E-state index in [0.29, 0.717) is 6.20 Å². The molecule has 1 unspecified atom stereocenters. The van der Waals surface area contributed by atoms with Crippen molar-refractivity contribution in [1.82, 2.24) is 15.8 Å². The molecule has 14 heteroatoms. The Bertz CT molecular complexity index is 1010. The number of pyridine rings is 1. The van der Waals surface area contributed by atoms with Crippen LogP contribution in [0, 0.1) is 0 Å². The first kappa shape index (κ1) is 23.4. The molecule has 1 aromatic heterocycles. The van der Waals surface area contributed by atoms with Gasteiger partial charge < -0.3 is 19.3 Å². The summed E-state index contributed by atoms with van der Waals surface area (Å²) in [5.41, 5.74) is 0.766. The Morgan fingerprint density at radius 3 is 2.38 bits per heavy atom. The topological polar surface area (TPSA) is 102 Å². The molecular formula is C18H15F6N3O5. The molecular weight excluding hydrogens is 452 g/mol. The van der Waals surface area contributed by atoms with E-state index < -0.39 is 53.2 Å². The molecule has 1 aliphatic heterocycles. The van der Waals surface area contributed by atoms with E-state index in [1.165, 1.54) is 0 Å². The summed E-state index contributed by atoms with van der Waals surface area (Å²) in [4.78, 5) is 15.2. The van der Waals surface area contributed by atoms with Crippen molar-refractivity contribution < 1.29 is 50.5 Å². The number of methoxy groups -OCH3 is 1. The SMILES string of the molecule is COc1cc(OC(F)(F)F)ccc1Oc1cc(C2(C(F)(F)F)CCNN2)ncc1C(=O)O. The Kier molecular flexibility index (Phi) is 6.11. The van der Waals surface area contributed by atoms with Gasteiger partial charge in [0.1, 0.15) is 17.1 Å². The van der Waals surface area contributed by atoms with E-state index >= 15 is 0 Å². The van der Waals surface area contributed by atoms with Crippen molar-refractivity contribution in [3.05, 3.63) is 41.7 Å². The third-order valence-corrected chi connectivity index (χ3v) is 4.53. The molecule has 0 aliphatic carbocycles. The van der Waals surface area contributed by atoms with Crippen molar-refractivity contribution in [2.45, 2.75) is 24.5 Å². The van der Waals surface area contributed by atoms with E-state index in [9.17, 15) is 36.2 Å². The number of alkyl halides is 6. The van der Waals surface area contributed by atoms with Crippen LogP contribution in [0.3, 0.4) is 0 Å².